The summed E-state index contributed by atoms with van der Waals surface area (Å²) < 4.78 is 1.61. The third-order valence-electron chi connectivity index (χ3n) is 2.85. The van der Waals surface area contributed by atoms with Crippen molar-refractivity contribution >= 4 is 46.3 Å². The molecule has 0 aliphatic rings. The largest absolute Gasteiger partial charge is 0.304 e. The number of nitrogens with zero attached hydrogens (tertiary/aromatic N) is 3. The Morgan fingerprint density at radius 2 is 2.14 bits per heavy atom. The molecule has 1 aromatic carbocycles. The summed E-state index contributed by atoms with van der Waals surface area (Å²) in [4.78, 5) is 16.5. The number of anilines is 1. The molecule has 0 aliphatic carbocycles. The lowest BCUT2D eigenvalue weighted by Crippen LogP contribution is -2.12. The lowest BCUT2D eigenvalue weighted by atomic mass is 10.2. The fourth-order valence-electron chi connectivity index (χ4n) is 1.83. The molecule has 2 heterocycles. The van der Waals surface area contributed by atoms with Crippen LogP contribution in [0.25, 0.3) is 10.6 Å². The molecule has 0 fully saturated rings. The van der Waals surface area contributed by atoms with Gasteiger partial charge in [0, 0.05) is 35.3 Å². The van der Waals surface area contributed by atoms with Crippen LogP contribution in [-0.4, -0.2) is 20.7 Å². The molecule has 1 amide bonds. The quantitative estimate of drug-likeness (QED) is 0.771. The van der Waals surface area contributed by atoms with Gasteiger partial charge in [0.1, 0.15) is 10.7 Å². The number of carbonyl (C=O) groups excluding carboxylic acids is 1. The number of hydrogen-bond acceptors (Lipinski definition) is 4. The minimum absolute atomic E-state index is 0.314. The van der Waals surface area contributed by atoms with Crippen molar-refractivity contribution in [2.45, 2.75) is 0 Å². The Hall–Kier alpha value is -1.89. The van der Waals surface area contributed by atoms with Crippen LogP contribution in [0.4, 0.5) is 5.82 Å². The van der Waals surface area contributed by atoms with Gasteiger partial charge in [-0.25, -0.2) is 4.98 Å². The fraction of sp³-hybridized carbons (Fsp3) is 0.0714. The Kier molecular flexibility index (Phi) is 4.15. The summed E-state index contributed by atoms with van der Waals surface area (Å²) in [5, 5.41) is 10.2. The van der Waals surface area contributed by atoms with Crippen molar-refractivity contribution < 1.29 is 4.79 Å². The third-order valence-corrected chi connectivity index (χ3v) is 4.28. The first-order valence-electron chi connectivity index (χ1n) is 6.25. The van der Waals surface area contributed by atoms with Crippen LogP contribution in [0.2, 0.25) is 10.0 Å². The molecule has 0 unspecified atom stereocenters. The molecule has 0 radical (unpaired) electrons. The zero-order valence-electron chi connectivity index (χ0n) is 11.4. The van der Waals surface area contributed by atoms with E-state index < -0.39 is 0 Å². The molecule has 112 valence electrons. The highest BCUT2D eigenvalue weighted by Gasteiger charge is 2.14. The predicted molar refractivity (Wildman–Crippen MR) is 88.7 cm³/mol. The first-order chi connectivity index (χ1) is 10.5. The van der Waals surface area contributed by atoms with Crippen molar-refractivity contribution in [3.05, 3.63) is 51.6 Å². The van der Waals surface area contributed by atoms with Crippen LogP contribution in [0.5, 0.6) is 0 Å². The molecular weight excluding hydrogens is 343 g/mol. The lowest BCUT2D eigenvalue weighted by Gasteiger charge is -2.01. The van der Waals surface area contributed by atoms with Crippen LogP contribution >= 0.6 is 34.5 Å². The zero-order chi connectivity index (χ0) is 15.7. The number of rotatable bonds is 3. The highest BCUT2D eigenvalue weighted by molar-refractivity contribution is 7.13. The van der Waals surface area contributed by atoms with Crippen LogP contribution in [-0.2, 0) is 7.05 Å². The van der Waals surface area contributed by atoms with E-state index in [9.17, 15) is 4.79 Å². The Labute approximate surface area is 140 Å². The second-order valence-corrected chi connectivity index (χ2v) is 6.19. The lowest BCUT2D eigenvalue weighted by molar-refractivity contribution is 0.102. The van der Waals surface area contributed by atoms with Gasteiger partial charge in [0.15, 0.2) is 5.82 Å². The first kappa shape index (κ1) is 15.0. The summed E-state index contributed by atoms with van der Waals surface area (Å²) in [6.45, 7) is 0. The van der Waals surface area contributed by atoms with Crippen LogP contribution < -0.4 is 5.32 Å². The minimum atomic E-state index is -0.314. The standard InChI is InChI=1S/C14H10Cl2N4OS/c1-20-5-4-12(19-20)18-13(21)11-7-22-14(17-11)9-3-2-8(15)6-10(9)16/h2-7H,1H3,(H,18,19,21). The van der Waals surface area contributed by atoms with Crippen LogP contribution in [0, 0.1) is 0 Å². The maximum atomic E-state index is 12.1. The van der Waals surface area contributed by atoms with Gasteiger partial charge in [-0.15, -0.1) is 11.3 Å². The molecular formula is C14H10Cl2N4OS. The van der Waals surface area contributed by atoms with Gasteiger partial charge in [0.05, 0.1) is 5.02 Å². The molecule has 22 heavy (non-hydrogen) atoms. The smallest absolute Gasteiger partial charge is 0.276 e. The molecule has 0 atom stereocenters. The third kappa shape index (κ3) is 3.14. The average Bonchev–Trinajstić information content (AvgIpc) is 3.08. The van der Waals surface area contributed by atoms with E-state index in [2.05, 4.69) is 15.4 Å². The highest BCUT2D eigenvalue weighted by Crippen LogP contribution is 2.32. The predicted octanol–water partition coefficient (Wildman–Crippen LogP) is 4.10. The summed E-state index contributed by atoms with van der Waals surface area (Å²) in [6, 6.07) is 6.87. The second-order valence-electron chi connectivity index (χ2n) is 4.49. The number of aromatic nitrogens is 3. The van der Waals surface area contributed by atoms with Crippen LogP contribution in [0.3, 0.4) is 0 Å². The number of hydrogen-bond donors (Lipinski definition) is 1. The Balaban J connectivity index is 1.82. The van der Waals surface area contributed by atoms with E-state index in [0.29, 0.717) is 26.6 Å². The van der Waals surface area contributed by atoms with E-state index >= 15 is 0 Å². The maximum Gasteiger partial charge on any atom is 0.276 e. The van der Waals surface area contributed by atoms with Gasteiger partial charge in [-0.3, -0.25) is 9.48 Å². The fourth-order valence-corrected chi connectivity index (χ4v) is 3.22. The summed E-state index contributed by atoms with van der Waals surface area (Å²) >= 11 is 13.4. The number of aryl methyl sites for hydroxylation is 1. The highest BCUT2D eigenvalue weighted by atomic mass is 35.5. The Morgan fingerprint density at radius 1 is 1.32 bits per heavy atom. The van der Waals surface area contributed by atoms with Gasteiger partial charge in [0.2, 0.25) is 0 Å². The van der Waals surface area contributed by atoms with E-state index in [0.717, 1.165) is 5.56 Å². The van der Waals surface area contributed by atoms with Crippen molar-refractivity contribution in [1.82, 2.24) is 14.8 Å². The molecule has 2 aromatic heterocycles. The number of carbonyl (C=O) groups is 1. The van der Waals surface area contributed by atoms with E-state index in [1.165, 1.54) is 11.3 Å². The van der Waals surface area contributed by atoms with Crippen LogP contribution in [0.1, 0.15) is 10.5 Å². The molecule has 3 aromatic rings. The Bertz CT molecular complexity index is 843. The second kappa shape index (κ2) is 6.08. The first-order valence-corrected chi connectivity index (χ1v) is 7.88. The SMILES string of the molecule is Cn1ccc(NC(=O)c2csc(-c3ccc(Cl)cc3Cl)n2)n1. The van der Waals surface area contributed by atoms with Gasteiger partial charge in [-0.1, -0.05) is 23.2 Å². The molecule has 8 heteroatoms. The van der Waals surface area contributed by atoms with Gasteiger partial charge in [0.25, 0.3) is 5.91 Å². The van der Waals surface area contributed by atoms with Gasteiger partial charge in [-0.05, 0) is 18.2 Å². The van der Waals surface area contributed by atoms with Gasteiger partial charge >= 0.3 is 0 Å². The zero-order valence-corrected chi connectivity index (χ0v) is 13.7. The normalized spacial score (nSPS) is 10.7. The molecule has 3 rings (SSSR count). The van der Waals surface area contributed by atoms with Crippen molar-refractivity contribution in [2.24, 2.45) is 7.05 Å². The number of amides is 1. The monoisotopic (exact) mass is 352 g/mol. The van der Waals surface area contributed by atoms with Gasteiger partial charge < -0.3 is 5.32 Å². The number of nitrogens with one attached hydrogen (secondary N) is 1. The Morgan fingerprint density at radius 3 is 2.82 bits per heavy atom. The molecule has 5 nitrogen and oxygen atoms in total. The minimum Gasteiger partial charge on any atom is -0.304 e. The molecule has 0 aliphatic heterocycles. The van der Waals surface area contributed by atoms with E-state index in [-0.39, 0.29) is 5.91 Å². The number of thiazole rings is 1. The summed E-state index contributed by atoms with van der Waals surface area (Å²) in [6.07, 6.45) is 1.75. The van der Waals surface area contributed by atoms with Crippen LogP contribution in [0.15, 0.2) is 35.8 Å². The molecule has 0 saturated heterocycles. The van der Waals surface area contributed by atoms with Crippen molar-refractivity contribution in [1.29, 1.82) is 0 Å². The molecule has 0 bridgehead atoms. The molecule has 0 saturated carbocycles. The van der Waals surface area contributed by atoms with Crippen molar-refractivity contribution in [2.75, 3.05) is 5.32 Å². The molecule has 0 spiro atoms. The topological polar surface area (TPSA) is 59.8 Å². The summed E-state index contributed by atoms with van der Waals surface area (Å²) in [5.74, 6) is 0.165. The van der Waals surface area contributed by atoms with Crippen molar-refractivity contribution in [3.63, 3.8) is 0 Å². The van der Waals surface area contributed by atoms with E-state index in [4.69, 9.17) is 23.2 Å². The molecule has 1 N–H and O–H groups in total. The maximum absolute atomic E-state index is 12.1. The number of halogens is 2. The summed E-state index contributed by atoms with van der Waals surface area (Å²) in [7, 11) is 1.78. The van der Waals surface area contributed by atoms with Crippen molar-refractivity contribution in [3.8, 4) is 10.6 Å². The van der Waals surface area contributed by atoms with Gasteiger partial charge in [-0.2, -0.15) is 5.10 Å². The van der Waals surface area contributed by atoms with E-state index in [1.54, 1.807) is 47.6 Å². The average molecular weight is 353 g/mol. The van der Waals surface area contributed by atoms with E-state index in [1.807, 2.05) is 0 Å². The summed E-state index contributed by atoms with van der Waals surface area (Å²) in [5.41, 5.74) is 1.06. The number of benzene rings is 1.